The Bertz CT molecular complexity index is 1980. The van der Waals surface area contributed by atoms with E-state index in [0.29, 0.717) is 30.0 Å². The number of halogens is 3. The van der Waals surface area contributed by atoms with Crippen LogP contribution in [0.3, 0.4) is 0 Å². The van der Waals surface area contributed by atoms with E-state index in [1.54, 1.807) is 12.1 Å². The van der Waals surface area contributed by atoms with E-state index in [2.05, 4.69) is 9.97 Å². The summed E-state index contributed by atoms with van der Waals surface area (Å²) in [6, 6.07) is 17.2. The molecule has 1 atom stereocenters. The first kappa shape index (κ1) is 29.8. The molecule has 1 fully saturated rings. The number of hydrogen-bond donors (Lipinski definition) is 1. The second kappa shape index (κ2) is 12.1. The topological polar surface area (TPSA) is 110 Å². The highest BCUT2D eigenvalue weighted by atomic mass is 19.1. The number of rotatable bonds is 9. The van der Waals surface area contributed by atoms with Gasteiger partial charge < -0.3 is 19.1 Å². The van der Waals surface area contributed by atoms with Gasteiger partial charge in [-0.1, -0.05) is 12.1 Å². The molecule has 0 radical (unpaired) electrons. The van der Waals surface area contributed by atoms with Gasteiger partial charge in [0.15, 0.2) is 0 Å². The molecule has 2 aromatic heterocycles. The fourth-order valence-corrected chi connectivity index (χ4v) is 5.53. The summed E-state index contributed by atoms with van der Waals surface area (Å²) in [6.45, 7) is 2.76. The van der Waals surface area contributed by atoms with Crippen molar-refractivity contribution in [3.8, 4) is 23.2 Å². The number of ether oxygens (including phenoxy) is 2. The molecule has 45 heavy (non-hydrogen) atoms. The first-order valence-corrected chi connectivity index (χ1v) is 14.3. The maximum atomic E-state index is 15.6. The zero-order valence-electron chi connectivity index (χ0n) is 24.2. The Kier molecular flexibility index (Phi) is 7.99. The lowest BCUT2D eigenvalue weighted by Crippen LogP contribution is -2.30. The van der Waals surface area contributed by atoms with Gasteiger partial charge in [-0.2, -0.15) is 5.26 Å². The number of aromatic nitrogens is 3. The van der Waals surface area contributed by atoms with E-state index in [1.807, 2.05) is 17.6 Å². The highest BCUT2D eigenvalue weighted by molar-refractivity contribution is 5.92. The Morgan fingerprint density at radius 3 is 2.60 bits per heavy atom. The van der Waals surface area contributed by atoms with Crippen LogP contribution in [-0.2, 0) is 24.3 Å². The summed E-state index contributed by atoms with van der Waals surface area (Å²) in [4.78, 5) is 20.6. The molecule has 3 heterocycles. The number of hydrogen-bond acceptors (Lipinski definition) is 6. The summed E-state index contributed by atoms with van der Waals surface area (Å²) >= 11 is 0. The summed E-state index contributed by atoms with van der Waals surface area (Å²) in [5.74, 6) is -2.54. The van der Waals surface area contributed by atoms with E-state index in [1.165, 1.54) is 36.4 Å². The second-order valence-corrected chi connectivity index (χ2v) is 11.2. The smallest absolute Gasteiger partial charge is 0.335 e. The molecule has 0 saturated carbocycles. The summed E-state index contributed by atoms with van der Waals surface area (Å²) in [7, 11) is 0. The van der Waals surface area contributed by atoms with Crippen LogP contribution in [0.5, 0.6) is 5.88 Å². The summed E-state index contributed by atoms with van der Waals surface area (Å²) in [5, 5.41) is 18.5. The minimum Gasteiger partial charge on any atom is -0.478 e. The number of fused-ring (bicyclic) bond motifs is 1. The highest BCUT2D eigenvalue weighted by Crippen LogP contribution is 2.32. The van der Waals surface area contributed by atoms with Crippen molar-refractivity contribution in [2.24, 2.45) is 0 Å². The van der Waals surface area contributed by atoms with Crippen molar-refractivity contribution in [3.63, 3.8) is 0 Å². The molecule has 0 bridgehead atoms. The van der Waals surface area contributed by atoms with Gasteiger partial charge in [0.25, 0.3) is 0 Å². The fraction of sp³-hybridized carbons (Fsp3) is 0.235. The van der Waals surface area contributed by atoms with Crippen LogP contribution in [0.15, 0.2) is 66.7 Å². The first-order valence-electron chi connectivity index (χ1n) is 14.3. The van der Waals surface area contributed by atoms with Crippen LogP contribution in [0.1, 0.15) is 52.6 Å². The number of pyridine rings is 1. The summed E-state index contributed by atoms with van der Waals surface area (Å²) in [6.07, 6.45) is 1.62. The van der Waals surface area contributed by atoms with E-state index in [9.17, 15) is 14.3 Å². The number of nitrogens with zero attached hydrogens (tertiary/aromatic N) is 4. The van der Waals surface area contributed by atoms with Crippen LogP contribution in [0, 0.1) is 28.8 Å². The quantitative estimate of drug-likeness (QED) is 0.194. The van der Waals surface area contributed by atoms with Crippen molar-refractivity contribution >= 4 is 17.0 Å². The van der Waals surface area contributed by atoms with E-state index in [-0.39, 0.29) is 52.4 Å². The molecule has 8 nitrogen and oxygen atoms in total. The predicted molar refractivity (Wildman–Crippen MR) is 158 cm³/mol. The zero-order valence-corrected chi connectivity index (χ0v) is 24.2. The lowest BCUT2D eigenvalue weighted by atomic mass is 10.0. The largest absolute Gasteiger partial charge is 0.478 e. The standard InChI is InChI=1S/C34H27F3N4O4/c1-34(10-3-11-45-34)19-41-30-14-21(33(42)43)8-9-29(30)39-31(41)15-23-13-27(37)24(16-26(23)36)28-4-2-5-32(40-28)44-18-22-7-6-20(17-38)12-25(22)35/h2,4-9,12-14,16H,3,10-11,15,18-19H2,1H3,(H,42,43)/t34-/m1/s1. The lowest BCUT2D eigenvalue weighted by molar-refractivity contribution is 0.00655. The normalized spacial score (nSPS) is 16.2. The average Bonchev–Trinajstić information content (AvgIpc) is 3.60. The average molecular weight is 613 g/mol. The Hall–Kier alpha value is -5.21. The maximum Gasteiger partial charge on any atom is 0.335 e. The van der Waals surface area contributed by atoms with Crippen molar-refractivity contribution in [2.75, 3.05) is 6.61 Å². The molecule has 6 rings (SSSR count). The van der Waals surface area contributed by atoms with Crippen LogP contribution >= 0.6 is 0 Å². The highest BCUT2D eigenvalue weighted by Gasteiger charge is 2.32. The van der Waals surface area contributed by atoms with Gasteiger partial charge in [-0.25, -0.2) is 27.9 Å². The van der Waals surface area contributed by atoms with Gasteiger partial charge in [-0.05, 0) is 73.9 Å². The Morgan fingerprint density at radius 2 is 1.87 bits per heavy atom. The minimum atomic E-state index is -1.08. The summed E-state index contributed by atoms with van der Waals surface area (Å²) < 4.78 is 58.8. The van der Waals surface area contributed by atoms with Crippen LogP contribution in [0.25, 0.3) is 22.3 Å². The van der Waals surface area contributed by atoms with Gasteiger partial charge in [-0.15, -0.1) is 0 Å². The van der Waals surface area contributed by atoms with Crippen LogP contribution in [0.4, 0.5) is 13.2 Å². The molecule has 0 aliphatic carbocycles. The van der Waals surface area contributed by atoms with Crippen molar-refractivity contribution in [1.82, 2.24) is 14.5 Å². The molecule has 3 aromatic carbocycles. The maximum absolute atomic E-state index is 15.6. The number of carbonyl (C=O) groups is 1. The molecule has 1 aliphatic rings. The van der Waals surface area contributed by atoms with Gasteiger partial charge in [0.05, 0.1) is 46.1 Å². The van der Waals surface area contributed by atoms with Crippen molar-refractivity contribution < 1.29 is 32.5 Å². The Balaban J connectivity index is 1.28. The zero-order chi connectivity index (χ0) is 31.7. The van der Waals surface area contributed by atoms with E-state index < -0.39 is 29.0 Å². The van der Waals surface area contributed by atoms with Crippen LogP contribution in [-0.4, -0.2) is 37.8 Å². The number of benzene rings is 3. The Morgan fingerprint density at radius 1 is 1.04 bits per heavy atom. The molecule has 228 valence electrons. The Labute approximate surface area is 256 Å². The van der Waals surface area contributed by atoms with Crippen molar-refractivity contribution in [1.29, 1.82) is 5.26 Å². The number of imidazole rings is 1. The lowest BCUT2D eigenvalue weighted by Gasteiger charge is -2.25. The molecule has 1 saturated heterocycles. The van der Waals surface area contributed by atoms with Gasteiger partial charge in [0.2, 0.25) is 5.88 Å². The van der Waals surface area contributed by atoms with Gasteiger partial charge in [0.1, 0.15) is 29.9 Å². The third kappa shape index (κ3) is 6.23. The van der Waals surface area contributed by atoms with Gasteiger partial charge in [-0.3, -0.25) is 0 Å². The van der Waals surface area contributed by atoms with E-state index >= 15 is 8.78 Å². The molecule has 5 aromatic rings. The third-order valence-corrected chi connectivity index (χ3v) is 7.91. The number of carboxylic acids is 1. The van der Waals surface area contributed by atoms with E-state index in [0.717, 1.165) is 31.0 Å². The molecule has 1 N–H and O–H groups in total. The SMILES string of the molecule is C[C@]1(Cn2c(Cc3cc(F)c(-c4cccc(OCc5ccc(C#N)cc5F)n4)cc3F)nc3ccc(C(=O)O)cc32)CCCO1. The molecule has 0 amide bonds. The van der Waals surface area contributed by atoms with E-state index in [4.69, 9.17) is 14.7 Å². The van der Waals surface area contributed by atoms with Crippen LogP contribution in [0.2, 0.25) is 0 Å². The van der Waals surface area contributed by atoms with Gasteiger partial charge >= 0.3 is 5.97 Å². The molecule has 11 heteroatoms. The fourth-order valence-electron chi connectivity index (χ4n) is 5.53. The molecular formula is C34H27F3N4O4. The van der Waals surface area contributed by atoms with Crippen molar-refractivity contribution in [3.05, 3.63) is 112 Å². The number of aromatic carboxylic acids is 1. The molecule has 0 unspecified atom stereocenters. The molecule has 0 spiro atoms. The minimum absolute atomic E-state index is 0.0526. The predicted octanol–water partition coefficient (Wildman–Crippen LogP) is 6.82. The van der Waals surface area contributed by atoms with Crippen LogP contribution < -0.4 is 4.74 Å². The van der Waals surface area contributed by atoms with Crippen molar-refractivity contribution in [2.45, 2.75) is 44.9 Å². The first-order chi connectivity index (χ1) is 21.6. The number of nitriles is 1. The number of carboxylic acid groups (broad SMARTS) is 1. The second-order valence-electron chi connectivity index (χ2n) is 11.2. The third-order valence-electron chi connectivity index (χ3n) is 7.91. The monoisotopic (exact) mass is 612 g/mol. The molecule has 1 aliphatic heterocycles. The molecular weight excluding hydrogens is 585 g/mol. The van der Waals surface area contributed by atoms with Gasteiger partial charge in [0, 0.05) is 30.2 Å². The summed E-state index contributed by atoms with van der Waals surface area (Å²) in [5.41, 5.74) is 1.17.